The summed E-state index contributed by atoms with van der Waals surface area (Å²) in [5.41, 5.74) is 0.827. The number of hydrogen-bond acceptors (Lipinski definition) is 3. The monoisotopic (exact) mass is 369 g/mol. The Morgan fingerprint density at radius 3 is 2.58 bits per heavy atom. The highest BCUT2D eigenvalue weighted by Crippen LogP contribution is 2.16. The highest BCUT2D eigenvalue weighted by atomic mass is 35.5. The van der Waals surface area contributed by atoms with Gasteiger partial charge in [-0.3, -0.25) is 4.79 Å². The van der Waals surface area contributed by atoms with Gasteiger partial charge < -0.3 is 9.80 Å². The van der Waals surface area contributed by atoms with Gasteiger partial charge in [0.1, 0.15) is 11.8 Å². The molecule has 0 aromatic heterocycles. The molecule has 0 bridgehead atoms. The Balaban J connectivity index is 1.53. The Labute approximate surface area is 147 Å². The van der Waals surface area contributed by atoms with E-state index in [0.717, 1.165) is 25.1 Å². The van der Waals surface area contributed by atoms with Crippen LogP contribution in [-0.4, -0.2) is 63.0 Å². The van der Waals surface area contributed by atoms with Gasteiger partial charge in [-0.1, -0.05) is 29.8 Å². The lowest BCUT2D eigenvalue weighted by molar-refractivity contribution is -0.925. The standard InChI is InChI=1S/C17H21ClN2O3S/c18-16-4-2-1-3-14(16)5-6-17(21)20-10-8-19(9-11-20)15-7-12-24(22,23)13-15/h1-6,15H,7-13H2/p+1/b6-5+/t15-/m0/s1. The Kier molecular flexibility index (Phi) is 5.27. The van der Waals surface area contributed by atoms with Crippen molar-refractivity contribution in [1.29, 1.82) is 0 Å². The summed E-state index contributed by atoms with van der Waals surface area (Å²) >= 11 is 6.08. The number of piperazine rings is 1. The topological polar surface area (TPSA) is 58.9 Å². The van der Waals surface area contributed by atoms with Crippen LogP contribution in [0.4, 0.5) is 0 Å². The molecular weight excluding hydrogens is 348 g/mol. The minimum Gasteiger partial charge on any atom is -0.329 e. The quantitative estimate of drug-likeness (QED) is 0.778. The van der Waals surface area contributed by atoms with Crippen molar-refractivity contribution in [3.8, 4) is 0 Å². The molecule has 2 aliphatic rings. The zero-order chi connectivity index (χ0) is 17.2. The smallest absolute Gasteiger partial charge is 0.246 e. The number of rotatable bonds is 3. The first kappa shape index (κ1) is 17.5. The predicted octanol–water partition coefficient (Wildman–Crippen LogP) is 0.267. The summed E-state index contributed by atoms with van der Waals surface area (Å²) in [7, 11) is -2.84. The van der Waals surface area contributed by atoms with Crippen molar-refractivity contribution in [2.24, 2.45) is 0 Å². The first-order valence-electron chi connectivity index (χ1n) is 8.21. The van der Waals surface area contributed by atoms with Gasteiger partial charge >= 0.3 is 0 Å². The summed E-state index contributed by atoms with van der Waals surface area (Å²) < 4.78 is 23.2. The van der Waals surface area contributed by atoms with Gasteiger partial charge in [-0.15, -0.1) is 0 Å². The number of sulfone groups is 1. The molecular formula is C17H22ClN2O3S+. The van der Waals surface area contributed by atoms with Crippen molar-refractivity contribution >= 4 is 33.4 Å². The fraction of sp³-hybridized carbons (Fsp3) is 0.471. The molecule has 5 nitrogen and oxygen atoms in total. The van der Waals surface area contributed by atoms with Crippen LogP contribution in [-0.2, 0) is 14.6 Å². The van der Waals surface area contributed by atoms with Crippen LogP contribution in [0.25, 0.3) is 6.08 Å². The highest BCUT2D eigenvalue weighted by molar-refractivity contribution is 7.91. The van der Waals surface area contributed by atoms with E-state index < -0.39 is 9.84 Å². The second kappa shape index (κ2) is 7.25. The van der Waals surface area contributed by atoms with E-state index in [1.165, 1.54) is 4.90 Å². The van der Waals surface area contributed by atoms with Gasteiger partial charge in [0.15, 0.2) is 9.84 Å². The third kappa shape index (κ3) is 4.18. The minimum atomic E-state index is -2.84. The van der Waals surface area contributed by atoms with Crippen LogP contribution in [0.15, 0.2) is 30.3 Å². The van der Waals surface area contributed by atoms with E-state index in [9.17, 15) is 13.2 Å². The molecule has 0 aliphatic carbocycles. The van der Waals surface area contributed by atoms with E-state index in [-0.39, 0.29) is 11.9 Å². The molecule has 130 valence electrons. The molecule has 2 fully saturated rings. The number of amides is 1. The highest BCUT2D eigenvalue weighted by Gasteiger charge is 2.37. The van der Waals surface area contributed by atoms with Gasteiger partial charge in [-0.05, 0) is 17.7 Å². The largest absolute Gasteiger partial charge is 0.329 e. The molecule has 0 unspecified atom stereocenters. The number of benzene rings is 1. The molecule has 24 heavy (non-hydrogen) atoms. The average molecular weight is 370 g/mol. The summed E-state index contributed by atoms with van der Waals surface area (Å²) in [5, 5.41) is 0.623. The number of hydrogen-bond donors (Lipinski definition) is 1. The molecule has 7 heteroatoms. The maximum absolute atomic E-state index is 12.3. The van der Waals surface area contributed by atoms with E-state index in [1.54, 1.807) is 18.2 Å². The van der Waals surface area contributed by atoms with Crippen LogP contribution < -0.4 is 4.90 Å². The molecule has 0 spiro atoms. The van der Waals surface area contributed by atoms with Crippen LogP contribution in [0, 0.1) is 0 Å². The average Bonchev–Trinajstić information content (AvgIpc) is 2.94. The Bertz CT molecular complexity index is 740. The van der Waals surface area contributed by atoms with Gasteiger partial charge in [-0.2, -0.15) is 0 Å². The van der Waals surface area contributed by atoms with Gasteiger partial charge in [0.25, 0.3) is 0 Å². The molecule has 1 N–H and O–H groups in total. The zero-order valence-electron chi connectivity index (χ0n) is 13.4. The molecule has 3 rings (SSSR count). The van der Waals surface area contributed by atoms with Crippen molar-refractivity contribution in [2.75, 3.05) is 37.7 Å². The Hall–Kier alpha value is -1.37. The molecule has 2 heterocycles. The van der Waals surface area contributed by atoms with E-state index in [0.29, 0.717) is 29.6 Å². The van der Waals surface area contributed by atoms with Crippen molar-refractivity contribution in [3.05, 3.63) is 40.9 Å². The Morgan fingerprint density at radius 2 is 1.96 bits per heavy atom. The number of carbonyl (C=O) groups is 1. The molecule has 2 aliphatic heterocycles. The number of halogens is 1. The molecule has 1 aromatic carbocycles. The fourth-order valence-corrected chi connectivity index (χ4v) is 5.44. The number of quaternary nitrogens is 1. The number of nitrogens with one attached hydrogen (secondary N) is 1. The van der Waals surface area contributed by atoms with E-state index >= 15 is 0 Å². The third-order valence-corrected chi connectivity index (χ3v) is 6.95. The van der Waals surface area contributed by atoms with Crippen molar-refractivity contribution in [1.82, 2.24) is 4.90 Å². The van der Waals surface area contributed by atoms with E-state index in [2.05, 4.69) is 0 Å². The van der Waals surface area contributed by atoms with Crippen LogP contribution in [0.2, 0.25) is 5.02 Å². The molecule has 1 atom stereocenters. The fourth-order valence-electron chi connectivity index (χ4n) is 3.42. The lowest BCUT2D eigenvalue weighted by Crippen LogP contribution is -3.18. The first-order valence-corrected chi connectivity index (χ1v) is 10.4. The maximum Gasteiger partial charge on any atom is 0.246 e. The van der Waals surface area contributed by atoms with E-state index in [1.807, 2.05) is 23.1 Å². The number of nitrogens with zero attached hydrogens (tertiary/aromatic N) is 1. The first-order chi connectivity index (χ1) is 11.4. The number of carbonyl (C=O) groups excluding carboxylic acids is 1. The summed E-state index contributed by atoms with van der Waals surface area (Å²) in [6.45, 7) is 2.95. The molecule has 1 aromatic rings. The van der Waals surface area contributed by atoms with Gasteiger partial charge in [0.05, 0.1) is 31.9 Å². The zero-order valence-corrected chi connectivity index (χ0v) is 15.0. The second-order valence-corrected chi connectivity index (χ2v) is 9.07. The Morgan fingerprint density at radius 1 is 1.25 bits per heavy atom. The summed E-state index contributed by atoms with van der Waals surface area (Å²) in [6, 6.07) is 7.60. The third-order valence-electron chi connectivity index (χ3n) is 4.84. The normalized spacial score (nSPS) is 24.5. The SMILES string of the molecule is O=C(/C=C/c1ccccc1Cl)N1CC[NH+]([C@H]2CCS(=O)(=O)C2)CC1. The molecule has 1 amide bonds. The summed E-state index contributed by atoms with van der Waals surface area (Å²) in [4.78, 5) is 15.4. The van der Waals surface area contributed by atoms with Crippen molar-refractivity contribution in [2.45, 2.75) is 12.5 Å². The van der Waals surface area contributed by atoms with Gasteiger partial charge in [0, 0.05) is 17.5 Å². The lowest BCUT2D eigenvalue weighted by Gasteiger charge is -2.34. The van der Waals surface area contributed by atoms with Crippen LogP contribution in [0.1, 0.15) is 12.0 Å². The van der Waals surface area contributed by atoms with Crippen LogP contribution in [0.3, 0.4) is 0 Å². The predicted molar refractivity (Wildman–Crippen MR) is 94.8 cm³/mol. The van der Waals surface area contributed by atoms with Crippen LogP contribution in [0.5, 0.6) is 0 Å². The maximum atomic E-state index is 12.3. The minimum absolute atomic E-state index is 0.0204. The summed E-state index contributed by atoms with van der Waals surface area (Å²) in [6.07, 6.45) is 4.05. The molecule has 2 saturated heterocycles. The van der Waals surface area contributed by atoms with E-state index in [4.69, 9.17) is 11.6 Å². The van der Waals surface area contributed by atoms with Crippen LogP contribution >= 0.6 is 11.6 Å². The van der Waals surface area contributed by atoms with Crippen molar-refractivity contribution < 1.29 is 18.1 Å². The molecule has 0 saturated carbocycles. The summed E-state index contributed by atoms with van der Waals surface area (Å²) in [5.74, 6) is 0.584. The molecule has 0 radical (unpaired) electrons. The lowest BCUT2D eigenvalue weighted by atomic mass is 10.2. The van der Waals surface area contributed by atoms with Gasteiger partial charge in [-0.25, -0.2) is 8.42 Å². The van der Waals surface area contributed by atoms with Crippen molar-refractivity contribution in [3.63, 3.8) is 0 Å². The van der Waals surface area contributed by atoms with Gasteiger partial charge in [0.2, 0.25) is 5.91 Å². The second-order valence-electron chi connectivity index (χ2n) is 6.44.